The SMILES string of the molecule is Cc1ccc([C@@H](C)OC(=O)c2cc(S(=O)(=O)N(C)C)ccc2Cl)cc1. The first-order valence-corrected chi connectivity index (χ1v) is 9.44. The number of nitrogens with zero attached hydrogens (tertiary/aromatic N) is 1. The van der Waals surface area contributed by atoms with E-state index in [1.165, 1.54) is 32.3 Å². The Hall–Kier alpha value is -1.89. The maximum atomic E-state index is 12.5. The van der Waals surface area contributed by atoms with Crippen LogP contribution < -0.4 is 0 Å². The number of hydrogen-bond acceptors (Lipinski definition) is 4. The summed E-state index contributed by atoms with van der Waals surface area (Å²) in [6.45, 7) is 3.72. The molecule has 2 aromatic carbocycles. The molecule has 2 aromatic rings. The van der Waals surface area contributed by atoms with E-state index < -0.39 is 22.1 Å². The third kappa shape index (κ3) is 4.39. The van der Waals surface area contributed by atoms with E-state index in [2.05, 4.69) is 0 Å². The molecule has 0 bridgehead atoms. The molecule has 0 saturated heterocycles. The molecule has 0 heterocycles. The highest BCUT2D eigenvalue weighted by Crippen LogP contribution is 2.25. The highest BCUT2D eigenvalue weighted by molar-refractivity contribution is 7.89. The van der Waals surface area contributed by atoms with Crippen molar-refractivity contribution in [3.05, 3.63) is 64.2 Å². The molecule has 0 radical (unpaired) electrons. The summed E-state index contributed by atoms with van der Waals surface area (Å²) in [6, 6.07) is 11.6. The summed E-state index contributed by atoms with van der Waals surface area (Å²) in [5.74, 6) is -0.672. The maximum Gasteiger partial charge on any atom is 0.340 e. The molecule has 1 atom stereocenters. The number of carbonyl (C=O) groups excluding carboxylic acids is 1. The van der Waals surface area contributed by atoms with E-state index in [4.69, 9.17) is 16.3 Å². The zero-order valence-corrected chi connectivity index (χ0v) is 16.1. The number of ether oxygens (including phenoxy) is 1. The van der Waals surface area contributed by atoms with Crippen LogP contribution in [0.2, 0.25) is 5.02 Å². The summed E-state index contributed by atoms with van der Waals surface area (Å²) in [4.78, 5) is 12.4. The van der Waals surface area contributed by atoms with Gasteiger partial charge in [0.05, 0.1) is 15.5 Å². The van der Waals surface area contributed by atoms with Crippen molar-refractivity contribution in [2.75, 3.05) is 14.1 Å². The topological polar surface area (TPSA) is 63.7 Å². The molecule has 0 aliphatic carbocycles. The van der Waals surface area contributed by atoms with Crippen LogP contribution in [0.25, 0.3) is 0 Å². The predicted molar refractivity (Wildman–Crippen MR) is 97.3 cm³/mol. The lowest BCUT2D eigenvalue weighted by Gasteiger charge is -2.16. The molecular formula is C18H20ClNO4S. The molecule has 0 unspecified atom stereocenters. The minimum atomic E-state index is -3.67. The molecule has 0 spiro atoms. The monoisotopic (exact) mass is 381 g/mol. The van der Waals surface area contributed by atoms with Gasteiger partial charge in [-0.05, 0) is 37.6 Å². The number of benzene rings is 2. The molecule has 5 nitrogen and oxygen atoms in total. The number of rotatable bonds is 5. The minimum absolute atomic E-state index is 0.0168. The van der Waals surface area contributed by atoms with Crippen LogP contribution in [0.1, 0.15) is 34.5 Å². The molecule has 0 aromatic heterocycles. The van der Waals surface area contributed by atoms with Crippen molar-refractivity contribution in [1.29, 1.82) is 0 Å². The van der Waals surface area contributed by atoms with Gasteiger partial charge in [-0.25, -0.2) is 17.5 Å². The van der Waals surface area contributed by atoms with E-state index in [-0.39, 0.29) is 15.5 Å². The van der Waals surface area contributed by atoms with Crippen LogP contribution in [0.15, 0.2) is 47.4 Å². The Balaban J connectivity index is 2.28. The van der Waals surface area contributed by atoms with Gasteiger partial charge in [-0.3, -0.25) is 0 Å². The van der Waals surface area contributed by atoms with Gasteiger partial charge in [0.25, 0.3) is 0 Å². The molecule has 0 N–H and O–H groups in total. The van der Waals surface area contributed by atoms with Gasteiger partial charge >= 0.3 is 5.97 Å². The van der Waals surface area contributed by atoms with Crippen LogP contribution in [0.5, 0.6) is 0 Å². The van der Waals surface area contributed by atoms with Gasteiger partial charge in [-0.15, -0.1) is 0 Å². The van der Waals surface area contributed by atoms with Gasteiger partial charge < -0.3 is 4.74 Å². The Morgan fingerprint density at radius 2 is 1.72 bits per heavy atom. The van der Waals surface area contributed by atoms with Crippen LogP contribution in [0.4, 0.5) is 0 Å². The van der Waals surface area contributed by atoms with Crippen molar-refractivity contribution in [2.45, 2.75) is 24.8 Å². The second-order valence-corrected chi connectivity index (χ2v) is 8.45. The predicted octanol–water partition coefficient (Wildman–Crippen LogP) is 3.82. The molecule has 0 amide bonds. The molecule has 7 heteroatoms. The number of hydrogen-bond donors (Lipinski definition) is 0. The first-order chi connectivity index (χ1) is 11.6. The van der Waals surface area contributed by atoms with Crippen LogP contribution in [-0.4, -0.2) is 32.8 Å². The normalized spacial score (nSPS) is 12.9. The Morgan fingerprint density at radius 3 is 2.28 bits per heavy atom. The molecule has 0 saturated carbocycles. The third-order valence-corrected chi connectivity index (χ3v) is 5.91. The Bertz CT molecular complexity index is 876. The van der Waals surface area contributed by atoms with E-state index in [0.29, 0.717) is 0 Å². The smallest absolute Gasteiger partial charge is 0.340 e. The Morgan fingerprint density at radius 1 is 1.12 bits per heavy atom. The Labute approximate surface area is 153 Å². The number of halogens is 1. The number of esters is 1. The largest absolute Gasteiger partial charge is 0.454 e. The van der Waals surface area contributed by atoms with Crippen LogP contribution in [-0.2, 0) is 14.8 Å². The zero-order chi connectivity index (χ0) is 18.8. The second kappa shape index (κ2) is 7.56. The molecule has 0 aliphatic rings. The van der Waals surface area contributed by atoms with Crippen LogP contribution in [0.3, 0.4) is 0 Å². The van der Waals surface area contributed by atoms with Gasteiger partial charge in [0, 0.05) is 14.1 Å². The maximum absolute atomic E-state index is 12.5. The molecular weight excluding hydrogens is 362 g/mol. The number of sulfonamides is 1. The summed E-state index contributed by atoms with van der Waals surface area (Å²) in [6.07, 6.45) is -0.488. The van der Waals surface area contributed by atoms with Gasteiger partial charge in [0.15, 0.2) is 0 Å². The molecule has 0 fully saturated rings. The van der Waals surface area contributed by atoms with Gasteiger partial charge in [0.2, 0.25) is 10.0 Å². The average Bonchev–Trinajstić information content (AvgIpc) is 2.55. The fourth-order valence-electron chi connectivity index (χ4n) is 2.16. The fraction of sp³-hybridized carbons (Fsp3) is 0.278. The zero-order valence-electron chi connectivity index (χ0n) is 14.5. The number of aryl methyl sites for hydroxylation is 1. The van der Waals surface area contributed by atoms with Crippen LogP contribution >= 0.6 is 11.6 Å². The summed E-state index contributed by atoms with van der Waals surface area (Å²) in [5.41, 5.74) is 1.96. The Kier molecular flexibility index (Phi) is 5.87. The summed E-state index contributed by atoms with van der Waals surface area (Å²) < 4.78 is 31.0. The summed E-state index contributed by atoms with van der Waals surface area (Å²) in [5, 5.41) is 0.138. The fourth-order valence-corrected chi connectivity index (χ4v) is 3.28. The molecule has 25 heavy (non-hydrogen) atoms. The third-order valence-electron chi connectivity index (χ3n) is 3.77. The van der Waals surface area contributed by atoms with Gasteiger partial charge in [0.1, 0.15) is 6.10 Å². The lowest BCUT2D eigenvalue weighted by Crippen LogP contribution is -2.22. The molecule has 0 aliphatic heterocycles. The van der Waals surface area contributed by atoms with E-state index in [1.54, 1.807) is 6.92 Å². The molecule has 134 valence electrons. The van der Waals surface area contributed by atoms with E-state index in [0.717, 1.165) is 15.4 Å². The van der Waals surface area contributed by atoms with Crippen molar-refractivity contribution >= 4 is 27.6 Å². The van der Waals surface area contributed by atoms with Gasteiger partial charge in [-0.1, -0.05) is 41.4 Å². The minimum Gasteiger partial charge on any atom is -0.454 e. The quantitative estimate of drug-likeness (QED) is 0.738. The lowest BCUT2D eigenvalue weighted by atomic mass is 10.1. The molecule has 2 rings (SSSR count). The average molecular weight is 382 g/mol. The van der Waals surface area contributed by atoms with Crippen molar-refractivity contribution in [3.63, 3.8) is 0 Å². The van der Waals surface area contributed by atoms with Crippen molar-refractivity contribution < 1.29 is 17.9 Å². The van der Waals surface area contributed by atoms with Crippen LogP contribution in [0, 0.1) is 6.92 Å². The van der Waals surface area contributed by atoms with E-state index in [9.17, 15) is 13.2 Å². The van der Waals surface area contributed by atoms with Gasteiger partial charge in [-0.2, -0.15) is 0 Å². The summed E-state index contributed by atoms with van der Waals surface area (Å²) in [7, 11) is -0.832. The first kappa shape index (κ1) is 19.4. The van der Waals surface area contributed by atoms with Crippen molar-refractivity contribution in [1.82, 2.24) is 4.31 Å². The second-order valence-electron chi connectivity index (χ2n) is 5.89. The standard InChI is InChI=1S/C18H20ClNO4S/c1-12-5-7-14(8-6-12)13(2)24-18(21)16-11-15(9-10-17(16)19)25(22,23)20(3)4/h5-11,13H,1-4H3/t13-/m1/s1. The van der Waals surface area contributed by atoms with E-state index in [1.807, 2.05) is 31.2 Å². The van der Waals surface area contributed by atoms with E-state index >= 15 is 0 Å². The lowest BCUT2D eigenvalue weighted by molar-refractivity contribution is 0.0338. The summed E-state index contributed by atoms with van der Waals surface area (Å²) >= 11 is 6.06. The highest BCUT2D eigenvalue weighted by Gasteiger charge is 2.22. The highest BCUT2D eigenvalue weighted by atomic mass is 35.5. The number of carbonyl (C=O) groups is 1. The van der Waals surface area contributed by atoms with Crippen molar-refractivity contribution in [2.24, 2.45) is 0 Å². The van der Waals surface area contributed by atoms with Crippen molar-refractivity contribution in [3.8, 4) is 0 Å². The first-order valence-electron chi connectivity index (χ1n) is 7.62.